The van der Waals surface area contributed by atoms with Gasteiger partial charge in [-0.25, -0.2) is 0 Å². The second kappa shape index (κ2) is 9.82. The first-order chi connectivity index (χ1) is 12.1. The van der Waals surface area contributed by atoms with E-state index in [2.05, 4.69) is 6.92 Å². The molecule has 0 aliphatic carbocycles. The molecule has 2 aromatic carbocycles. The van der Waals surface area contributed by atoms with Crippen LogP contribution in [-0.4, -0.2) is 18.0 Å². The first-order valence-electron chi connectivity index (χ1n) is 8.97. The zero-order valence-electron chi connectivity index (χ0n) is 15.0. The molecule has 0 amide bonds. The van der Waals surface area contributed by atoms with Crippen molar-refractivity contribution in [3.05, 3.63) is 42.5 Å². The average molecular weight is 342 g/mol. The highest BCUT2D eigenvalue weighted by Gasteiger charge is 2.13. The quantitative estimate of drug-likeness (QED) is 0.364. The van der Waals surface area contributed by atoms with Crippen molar-refractivity contribution in [2.24, 2.45) is 0 Å². The number of carbonyl (C=O) groups excluding carboxylic acids is 2. The third-order valence-electron chi connectivity index (χ3n) is 4.03. The largest absolute Gasteiger partial charge is 0.463 e. The monoisotopic (exact) mass is 342 g/mol. The Labute approximate surface area is 149 Å². The van der Waals surface area contributed by atoms with Crippen LogP contribution in [0, 0.1) is 0 Å². The van der Waals surface area contributed by atoms with Gasteiger partial charge in [0, 0.05) is 0 Å². The van der Waals surface area contributed by atoms with E-state index in [4.69, 9.17) is 9.47 Å². The Bertz CT molecular complexity index is 708. The molecule has 2 aromatic rings. The van der Waals surface area contributed by atoms with E-state index in [0.717, 1.165) is 36.5 Å². The van der Waals surface area contributed by atoms with Crippen LogP contribution >= 0.6 is 0 Å². The van der Waals surface area contributed by atoms with Crippen LogP contribution in [0.3, 0.4) is 0 Å². The summed E-state index contributed by atoms with van der Waals surface area (Å²) in [6.07, 6.45) is 4.16. The molecule has 0 saturated carbocycles. The number of ether oxygens (including phenoxy) is 2. The lowest BCUT2D eigenvalue weighted by Crippen LogP contribution is -2.17. The summed E-state index contributed by atoms with van der Waals surface area (Å²) in [5, 5.41) is 2.09. The van der Waals surface area contributed by atoms with Crippen LogP contribution in [0.1, 0.15) is 52.4 Å². The number of hydrogen-bond donors (Lipinski definition) is 0. The minimum absolute atomic E-state index is 0.0212. The molecule has 0 radical (unpaired) electrons. The second-order valence-corrected chi connectivity index (χ2v) is 6.28. The van der Waals surface area contributed by atoms with Crippen molar-refractivity contribution in [3.63, 3.8) is 0 Å². The van der Waals surface area contributed by atoms with E-state index < -0.39 is 5.97 Å². The molecule has 1 unspecified atom stereocenters. The van der Waals surface area contributed by atoms with E-state index in [1.807, 2.05) is 43.3 Å². The molecular weight excluding hydrogens is 316 g/mol. The molecule has 4 heteroatoms. The van der Waals surface area contributed by atoms with Gasteiger partial charge in [-0.1, -0.05) is 50.1 Å². The first kappa shape index (κ1) is 19.0. The Morgan fingerprint density at radius 3 is 2.44 bits per heavy atom. The highest BCUT2D eigenvalue weighted by Crippen LogP contribution is 2.21. The Morgan fingerprint density at radius 2 is 1.68 bits per heavy atom. The van der Waals surface area contributed by atoms with Crippen LogP contribution in [0.5, 0.6) is 5.75 Å². The van der Waals surface area contributed by atoms with Crippen molar-refractivity contribution >= 4 is 22.7 Å². The normalized spacial score (nSPS) is 11.9. The van der Waals surface area contributed by atoms with Gasteiger partial charge in [0.25, 0.3) is 0 Å². The standard InChI is InChI=1S/C21H26O4/c1-3-4-5-8-16(2)24-20(22)13-14-21(23)25-19-12-11-17-9-6-7-10-18(17)15-19/h6-7,9-12,15-16H,3-5,8,13-14H2,1-2H3. The van der Waals surface area contributed by atoms with E-state index in [1.54, 1.807) is 6.07 Å². The molecule has 2 rings (SSSR count). The van der Waals surface area contributed by atoms with E-state index >= 15 is 0 Å². The smallest absolute Gasteiger partial charge is 0.311 e. The summed E-state index contributed by atoms with van der Waals surface area (Å²) >= 11 is 0. The molecule has 0 aliphatic heterocycles. The summed E-state index contributed by atoms with van der Waals surface area (Å²) in [5.74, 6) is -0.282. The number of rotatable bonds is 9. The van der Waals surface area contributed by atoms with Gasteiger partial charge >= 0.3 is 11.9 Å². The molecule has 0 saturated heterocycles. The van der Waals surface area contributed by atoms with Gasteiger partial charge < -0.3 is 9.47 Å². The third-order valence-corrected chi connectivity index (χ3v) is 4.03. The number of esters is 2. The van der Waals surface area contributed by atoms with Crippen molar-refractivity contribution in [2.45, 2.75) is 58.5 Å². The van der Waals surface area contributed by atoms with Crippen LogP contribution < -0.4 is 4.74 Å². The SMILES string of the molecule is CCCCCC(C)OC(=O)CCC(=O)Oc1ccc2ccccc2c1. The van der Waals surface area contributed by atoms with Gasteiger partial charge in [0.05, 0.1) is 18.9 Å². The summed E-state index contributed by atoms with van der Waals surface area (Å²) in [5.41, 5.74) is 0. The molecule has 25 heavy (non-hydrogen) atoms. The summed E-state index contributed by atoms with van der Waals surface area (Å²) in [6, 6.07) is 13.3. The third kappa shape index (κ3) is 6.57. The fraction of sp³-hybridized carbons (Fsp3) is 0.429. The van der Waals surface area contributed by atoms with Crippen LogP contribution in [0.25, 0.3) is 10.8 Å². The molecular formula is C21H26O4. The second-order valence-electron chi connectivity index (χ2n) is 6.28. The molecule has 0 bridgehead atoms. The maximum Gasteiger partial charge on any atom is 0.311 e. The predicted molar refractivity (Wildman–Crippen MR) is 98.5 cm³/mol. The van der Waals surface area contributed by atoms with Crippen molar-refractivity contribution in [1.29, 1.82) is 0 Å². The minimum atomic E-state index is -0.425. The van der Waals surface area contributed by atoms with E-state index in [9.17, 15) is 9.59 Å². The van der Waals surface area contributed by atoms with Crippen molar-refractivity contribution in [2.75, 3.05) is 0 Å². The fourth-order valence-electron chi connectivity index (χ4n) is 2.64. The zero-order valence-corrected chi connectivity index (χ0v) is 15.0. The Balaban J connectivity index is 1.74. The topological polar surface area (TPSA) is 52.6 Å². The minimum Gasteiger partial charge on any atom is -0.463 e. The lowest BCUT2D eigenvalue weighted by Gasteiger charge is -2.12. The predicted octanol–water partition coefficient (Wildman–Crippen LogP) is 5.04. The molecule has 0 spiro atoms. The van der Waals surface area contributed by atoms with E-state index in [-0.39, 0.29) is 24.9 Å². The maximum absolute atomic E-state index is 11.9. The lowest BCUT2D eigenvalue weighted by molar-refractivity contribution is -0.151. The molecule has 1 atom stereocenters. The van der Waals surface area contributed by atoms with Gasteiger partial charge in [0.2, 0.25) is 0 Å². The van der Waals surface area contributed by atoms with Gasteiger partial charge in [-0.15, -0.1) is 0 Å². The first-order valence-corrected chi connectivity index (χ1v) is 8.97. The summed E-state index contributed by atoms with van der Waals surface area (Å²) in [7, 11) is 0. The fourth-order valence-corrected chi connectivity index (χ4v) is 2.64. The highest BCUT2D eigenvalue weighted by atomic mass is 16.5. The number of benzene rings is 2. The Morgan fingerprint density at radius 1 is 0.960 bits per heavy atom. The highest BCUT2D eigenvalue weighted by molar-refractivity contribution is 5.85. The van der Waals surface area contributed by atoms with Gasteiger partial charge in [0.1, 0.15) is 5.75 Å². The lowest BCUT2D eigenvalue weighted by atomic mass is 10.1. The molecule has 0 heterocycles. The maximum atomic E-state index is 11.9. The van der Waals surface area contributed by atoms with E-state index in [0.29, 0.717) is 5.75 Å². The van der Waals surface area contributed by atoms with Crippen molar-refractivity contribution in [1.82, 2.24) is 0 Å². The summed E-state index contributed by atoms with van der Waals surface area (Å²) < 4.78 is 10.6. The Kier molecular flexibility index (Phi) is 7.45. The molecule has 0 N–H and O–H groups in total. The van der Waals surface area contributed by atoms with Gasteiger partial charge in [0.15, 0.2) is 0 Å². The number of fused-ring (bicyclic) bond motifs is 1. The molecule has 0 aliphatic rings. The van der Waals surface area contributed by atoms with Crippen LogP contribution in [0.15, 0.2) is 42.5 Å². The molecule has 0 aromatic heterocycles. The van der Waals surface area contributed by atoms with Crippen molar-refractivity contribution < 1.29 is 19.1 Å². The molecule has 4 nitrogen and oxygen atoms in total. The van der Waals surface area contributed by atoms with Crippen LogP contribution in [0.2, 0.25) is 0 Å². The van der Waals surface area contributed by atoms with Crippen molar-refractivity contribution in [3.8, 4) is 5.75 Å². The van der Waals surface area contributed by atoms with Gasteiger partial charge in [-0.2, -0.15) is 0 Å². The Hall–Kier alpha value is -2.36. The van der Waals surface area contributed by atoms with Crippen LogP contribution in [0.4, 0.5) is 0 Å². The number of hydrogen-bond acceptors (Lipinski definition) is 4. The summed E-state index contributed by atoms with van der Waals surface area (Å²) in [6.45, 7) is 4.03. The van der Waals surface area contributed by atoms with Crippen LogP contribution in [-0.2, 0) is 14.3 Å². The zero-order chi connectivity index (χ0) is 18.1. The molecule has 134 valence electrons. The van der Waals surface area contributed by atoms with Gasteiger partial charge in [-0.3, -0.25) is 9.59 Å². The van der Waals surface area contributed by atoms with Gasteiger partial charge in [-0.05, 0) is 42.7 Å². The molecule has 0 fully saturated rings. The van der Waals surface area contributed by atoms with E-state index in [1.165, 1.54) is 0 Å². The number of carbonyl (C=O) groups is 2. The number of unbranched alkanes of at least 4 members (excludes halogenated alkanes) is 2. The summed E-state index contributed by atoms with van der Waals surface area (Å²) in [4.78, 5) is 23.7. The average Bonchev–Trinajstić information content (AvgIpc) is 2.60.